The van der Waals surface area contributed by atoms with Crippen LogP contribution in [0.2, 0.25) is 0 Å². The zero-order valence-electron chi connectivity index (χ0n) is 9.61. The molecule has 0 radical (unpaired) electrons. The lowest BCUT2D eigenvalue weighted by Crippen LogP contribution is -2.30. The van der Waals surface area contributed by atoms with Crippen LogP contribution in [-0.2, 0) is 0 Å². The third-order valence-corrected chi connectivity index (χ3v) is 4.34. The molecule has 2 aliphatic carbocycles. The van der Waals surface area contributed by atoms with Gasteiger partial charge in [-0.15, -0.1) is 0 Å². The van der Waals surface area contributed by atoms with Crippen molar-refractivity contribution in [2.75, 3.05) is 0 Å². The average molecular weight is 221 g/mol. The van der Waals surface area contributed by atoms with Gasteiger partial charge in [0.1, 0.15) is 6.10 Å². The molecule has 0 amide bonds. The molecule has 1 heterocycles. The second-order valence-electron chi connectivity index (χ2n) is 5.34. The molecule has 2 saturated carbocycles. The van der Waals surface area contributed by atoms with E-state index < -0.39 is 0 Å². The molecule has 0 bridgehead atoms. The maximum Gasteiger partial charge on any atom is 0.253 e. The van der Waals surface area contributed by atoms with Gasteiger partial charge in [0.15, 0.2) is 0 Å². The molecule has 1 aromatic heterocycles. The van der Waals surface area contributed by atoms with E-state index in [-0.39, 0.29) is 0 Å². The van der Waals surface area contributed by atoms with Gasteiger partial charge in [-0.2, -0.15) is 0 Å². The number of ether oxygens (including phenoxy) is 1. The first-order valence-electron chi connectivity index (χ1n) is 6.40. The van der Waals surface area contributed by atoms with E-state index in [4.69, 9.17) is 4.74 Å². The first-order chi connectivity index (χ1) is 7.86. The van der Waals surface area contributed by atoms with Gasteiger partial charge in [0.05, 0.1) is 6.20 Å². The Kier molecular flexibility index (Phi) is 2.58. The lowest BCUT2D eigenvalue weighted by molar-refractivity contribution is 0.0791. The predicted octanol–water partition coefficient (Wildman–Crippen LogP) is 2.69. The Hall–Kier alpha value is -1.06. The Morgan fingerprint density at radius 1 is 1.19 bits per heavy atom. The van der Waals surface area contributed by atoms with Crippen molar-refractivity contribution in [3.05, 3.63) is 6.20 Å². The first kappa shape index (κ1) is 10.1. The molecule has 4 heteroatoms. The number of hydrogen-bond acceptors (Lipinski definition) is 3. The molecule has 1 spiro atoms. The van der Waals surface area contributed by atoms with Crippen molar-refractivity contribution in [2.24, 2.45) is 5.41 Å². The molecule has 0 aromatic carbocycles. The molecule has 0 saturated heterocycles. The van der Waals surface area contributed by atoms with Crippen molar-refractivity contribution in [1.29, 1.82) is 0 Å². The molecular weight excluding hydrogens is 202 g/mol. The number of hydrogen-bond donors (Lipinski definition) is 1. The van der Waals surface area contributed by atoms with E-state index in [1.165, 1.54) is 51.4 Å². The van der Waals surface area contributed by atoms with E-state index in [9.17, 15) is 0 Å². The molecule has 3 rings (SSSR count). The van der Waals surface area contributed by atoms with Gasteiger partial charge >= 0.3 is 0 Å². The summed E-state index contributed by atoms with van der Waals surface area (Å²) in [4.78, 5) is 0. The highest BCUT2D eigenvalue weighted by Crippen LogP contribution is 2.49. The van der Waals surface area contributed by atoms with E-state index in [0.29, 0.717) is 17.4 Å². The number of nitrogens with zero attached hydrogens (tertiary/aromatic N) is 2. The zero-order valence-corrected chi connectivity index (χ0v) is 9.61. The van der Waals surface area contributed by atoms with Crippen LogP contribution in [0.1, 0.15) is 51.4 Å². The van der Waals surface area contributed by atoms with Gasteiger partial charge in [0.25, 0.3) is 5.88 Å². The molecule has 2 fully saturated rings. The highest BCUT2D eigenvalue weighted by molar-refractivity contribution is 5.00. The van der Waals surface area contributed by atoms with Gasteiger partial charge in [-0.05, 0) is 43.9 Å². The van der Waals surface area contributed by atoms with Crippen molar-refractivity contribution >= 4 is 0 Å². The standard InChI is InChI=1S/C12H19N3O/c1-2-6-12(5-1)7-3-10(4-8-12)16-11-9-13-15-14-11/h9-10H,1-8H2,(H,13,14,15). The van der Waals surface area contributed by atoms with Crippen LogP contribution in [0.25, 0.3) is 0 Å². The Labute approximate surface area is 95.8 Å². The molecule has 4 nitrogen and oxygen atoms in total. The lowest BCUT2D eigenvalue weighted by atomic mass is 9.72. The minimum Gasteiger partial charge on any atom is -0.472 e. The normalized spacial score (nSPS) is 25.0. The van der Waals surface area contributed by atoms with Crippen LogP contribution in [0.4, 0.5) is 0 Å². The van der Waals surface area contributed by atoms with E-state index in [2.05, 4.69) is 15.4 Å². The number of aromatic nitrogens is 3. The Bertz CT molecular complexity index is 320. The highest BCUT2D eigenvalue weighted by atomic mass is 16.5. The topological polar surface area (TPSA) is 50.8 Å². The summed E-state index contributed by atoms with van der Waals surface area (Å²) in [7, 11) is 0. The van der Waals surface area contributed by atoms with Gasteiger partial charge < -0.3 is 4.74 Å². The second kappa shape index (κ2) is 4.07. The number of aromatic amines is 1. The van der Waals surface area contributed by atoms with Crippen LogP contribution < -0.4 is 4.74 Å². The highest BCUT2D eigenvalue weighted by Gasteiger charge is 2.38. The largest absolute Gasteiger partial charge is 0.472 e. The monoisotopic (exact) mass is 221 g/mol. The number of rotatable bonds is 2. The van der Waals surface area contributed by atoms with Crippen molar-refractivity contribution in [2.45, 2.75) is 57.5 Å². The maximum atomic E-state index is 5.79. The first-order valence-corrected chi connectivity index (χ1v) is 6.40. The van der Waals surface area contributed by atoms with Gasteiger partial charge in [0.2, 0.25) is 0 Å². The Balaban J connectivity index is 1.54. The number of nitrogens with one attached hydrogen (secondary N) is 1. The van der Waals surface area contributed by atoms with Crippen molar-refractivity contribution in [3.63, 3.8) is 0 Å². The predicted molar refractivity (Wildman–Crippen MR) is 60.2 cm³/mol. The average Bonchev–Trinajstić information content (AvgIpc) is 2.94. The van der Waals surface area contributed by atoms with Crippen molar-refractivity contribution in [3.8, 4) is 5.88 Å². The van der Waals surface area contributed by atoms with Crippen LogP contribution in [0, 0.1) is 5.41 Å². The van der Waals surface area contributed by atoms with E-state index in [1.807, 2.05) is 0 Å². The smallest absolute Gasteiger partial charge is 0.253 e. The molecular formula is C12H19N3O. The summed E-state index contributed by atoms with van der Waals surface area (Å²) in [5.41, 5.74) is 0.684. The van der Waals surface area contributed by atoms with Gasteiger partial charge in [-0.25, -0.2) is 0 Å². The van der Waals surface area contributed by atoms with Gasteiger partial charge in [-0.1, -0.05) is 23.2 Å². The van der Waals surface area contributed by atoms with E-state index in [0.717, 1.165) is 0 Å². The number of H-pyrrole nitrogens is 1. The minimum atomic E-state index is 0.358. The molecule has 0 aliphatic heterocycles. The summed E-state index contributed by atoms with van der Waals surface area (Å²) in [6.45, 7) is 0. The fourth-order valence-corrected chi connectivity index (χ4v) is 3.37. The summed E-state index contributed by atoms with van der Waals surface area (Å²) in [6.07, 6.45) is 12.9. The van der Waals surface area contributed by atoms with E-state index >= 15 is 0 Å². The summed E-state index contributed by atoms with van der Waals surface area (Å²) >= 11 is 0. The minimum absolute atomic E-state index is 0.358. The summed E-state index contributed by atoms with van der Waals surface area (Å²) < 4.78 is 5.79. The third kappa shape index (κ3) is 1.93. The molecule has 88 valence electrons. The molecule has 0 unspecified atom stereocenters. The van der Waals surface area contributed by atoms with Crippen molar-refractivity contribution in [1.82, 2.24) is 15.4 Å². The van der Waals surface area contributed by atoms with Crippen LogP contribution in [0.15, 0.2) is 6.20 Å². The summed E-state index contributed by atoms with van der Waals surface area (Å²) in [5, 5.41) is 10.2. The lowest BCUT2D eigenvalue weighted by Gasteiger charge is -2.36. The Morgan fingerprint density at radius 2 is 1.94 bits per heavy atom. The molecule has 1 aromatic rings. The zero-order chi connectivity index (χ0) is 10.8. The van der Waals surface area contributed by atoms with Crippen LogP contribution >= 0.6 is 0 Å². The maximum absolute atomic E-state index is 5.79. The fourth-order valence-electron chi connectivity index (χ4n) is 3.37. The molecule has 2 aliphatic rings. The van der Waals surface area contributed by atoms with Crippen LogP contribution in [-0.4, -0.2) is 21.5 Å². The van der Waals surface area contributed by atoms with Crippen LogP contribution in [0.5, 0.6) is 5.88 Å². The second-order valence-corrected chi connectivity index (χ2v) is 5.34. The summed E-state index contributed by atoms with van der Waals surface area (Å²) in [5.74, 6) is 0.646. The van der Waals surface area contributed by atoms with Crippen LogP contribution in [0.3, 0.4) is 0 Å². The molecule has 0 atom stereocenters. The van der Waals surface area contributed by atoms with Gasteiger partial charge in [0, 0.05) is 0 Å². The Morgan fingerprint density at radius 3 is 2.56 bits per heavy atom. The summed E-state index contributed by atoms with van der Waals surface area (Å²) in [6, 6.07) is 0. The third-order valence-electron chi connectivity index (χ3n) is 4.34. The van der Waals surface area contributed by atoms with E-state index in [1.54, 1.807) is 6.20 Å². The molecule has 1 N–H and O–H groups in total. The van der Waals surface area contributed by atoms with Gasteiger partial charge in [-0.3, -0.25) is 5.10 Å². The van der Waals surface area contributed by atoms with Crippen molar-refractivity contribution < 1.29 is 4.74 Å². The quantitative estimate of drug-likeness (QED) is 0.835. The SMILES string of the molecule is c1[nH]nnc1OC1CCC2(CCCC2)CC1. The molecule has 16 heavy (non-hydrogen) atoms. The fraction of sp³-hybridized carbons (Fsp3) is 0.833.